The third-order valence-corrected chi connectivity index (χ3v) is 6.35. The van der Waals surface area contributed by atoms with E-state index in [9.17, 15) is 0 Å². The first-order valence-corrected chi connectivity index (χ1v) is 11.7. The Labute approximate surface area is 195 Å². The molecule has 7 heteroatoms. The van der Waals surface area contributed by atoms with Gasteiger partial charge < -0.3 is 19.7 Å². The predicted octanol–water partition coefficient (Wildman–Crippen LogP) is 3.21. The smallest absolute Gasteiger partial charge is 0.193 e. The topological polar surface area (TPSA) is 49.3 Å². The average Bonchev–Trinajstić information content (AvgIpc) is 3.24. The zero-order chi connectivity index (χ0) is 19.6. The molecule has 1 aliphatic carbocycles. The molecule has 170 valence electrons. The molecular weight excluding hydrogens is 479 g/mol. The fraction of sp³-hybridized carbons (Fsp3) is 0.955. The SMILES string of the molecule is CCNC(=NCC(C)CN1CCOCC1)N1CCC(OCC2CCCC2)CC1.I. The minimum Gasteiger partial charge on any atom is -0.379 e. The summed E-state index contributed by atoms with van der Waals surface area (Å²) in [5.41, 5.74) is 0. The lowest BCUT2D eigenvalue weighted by atomic mass is 10.1. The van der Waals surface area contributed by atoms with Crippen molar-refractivity contribution < 1.29 is 9.47 Å². The molecule has 0 radical (unpaired) electrons. The van der Waals surface area contributed by atoms with E-state index in [2.05, 4.69) is 29.0 Å². The third-order valence-electron chi connectivity index (χ3n) is 6.35. The van der Waals surface area contributed by atoms with E-state index in [1.165, 1.54) is 25.7 Å². The van der Waals surface area contributed by atoms with E-state index < -0.39 is 0 Å². The second-order valence-electron chi connectivity index (χ2n) is 8.88. The number of aliphatic imine (C=N–C) groups is 1. The molecule has 1 saturated carbocycles. The number of nitrogens with one attached hydrogen (secondary N) is 1. The second-order valence-corrected chi connectivity index (χ2v) is 8.88. The van der Waals surface area contributed by atoms with Gasteiger partial charge in [0.05, 0.1) is 19.3 Å². The number of hydrogen-bond donors (Lipinski definition) is 1. The van der Waals surface area contributed by atoms with Crippen molar-refractivity contribution in [3.8, 4) is 0 Å². The lowest BCUT2D eigenvalue weighted by Gasteiger charge is -2.35. The summed E-state index contributed by atoms with van der Waals surface area (Å²) in [4.78, 5) is 9.90. The molecule has 6 nitrogen and oxygen atoms in total. The molecular formula is C22H43IN4O2. The summed E-state index contributed by atoms with van der Waals surface area (Å²) >= 11 is 0. The van der Waals surface area contributed by atoms with Gasteiger partial charge in [-0.2, -0.15) is 0 Å². The molecule has 0 amide bonds. The number of morpholine rings is 1. The molecule has 0 aromatic heterocycles. The Bertz CT molecular complexity index is 460. The zero-order valence-corrected chi connectivity index (χ0v) is 20.9. The van der Waals surface area contributed by atoms with Gasteiger partial charge in [0.25, 0.3) is 0 Å². The first-order chi connectivity index (χ1) is 13.7. The van der Waals surface area contributed by atoms with Crippen molar-refractivity contribution in [2.24, 2.45) is 16.8 Å². The van der Waals surface area contributed by atoms with Crippen LogP contribution in [-0.4, -0.2) is 87.5 Å². The lowest BCUT2D eigenvalue weighted by molar-refractivity contribution is 0.000989. The molecule has 3 rings (SSSR count). The van der Waals surface area contributed by atoms with Crippen LogP contribution in [0, 0.1) is 11.8 Å². The minimum absolute atomic E-state index is 0. The van der Waals surface area contributed by atoms with Crippen LogP contribution in [0.25, 0.3) is 0 Å². The number of piperidine rings is 1. The highest BCUT2D eigenvalue weighted by Crippen LogP contribution is 2.26. The number of rotatable bonds is 8. The normalized spacial score (nSPS) is 23.8. The highest BCUT2D eigenvalue weighted by atomic mass is 127. The minimum atomic E-state index is 0. The molecule has 0 spiro atoms. The molecule has 2 aliphatic heterocycles. The van der Waals surface area contributed by atoms with Crippen molar-refractivity contribution in [2.75, 3.05) is 65.6 Å². The summed E-state index contributed by atoms with van der Waals surface area (Å²) in [6.45, 7) is 14.3. The molecule has 29 heavy (non-hydrogen) atoms. The fourth-order valence-corrected chi connectivity index (χ4v) is 4.63. The Morgan fingerprint density at radius 2 is 1.79 bits per heavy atom. The van der Waals surface area contributed by atoms with Gasteiger partial charge in [-0.15, -0.1) is 24.0 Å². The van der Waals surface area contributed by atoms with Crippen LogP contribution in [-0.2, 0) is 9.47 Å². The molecule has 2 saturated heterocycles. The molecule has 0 aromatic carbocycles. The van der Waals surface area contributed by atoms with E-state index >= 15 is 0 Å². The molecule has 2 heterocycles. The summed E-state index contributed by atoms with van der Waals surface area (Å²) in [6, 6.07) is 0. The molecule has 0 bridgehead atoms. The standard InChI is InChI=1S/C22H42N4O2.HI/c1-3-23-22(24-16-19(2)17-25-12-14-27-15-13-25)26-10-8-21(9-11-26)28-18-20-6-4-5-7-20;/h19-21H,3-18H2,1-2H3,(H,23,24);1H. The van der Waals surface area contributed by atoms with E-state index in [1.54, 1.807) is 0 Å². The molecule has 3 aliphatic rings. The summed E-state index contributed by atoms with van der Waals surface area (Å²) in [6.07, 6.45) is 8.25. The van der Waals surface area contributed by atoms with Crippen molar-refractivity contribution >= 4 is 29.9 Å². The maximum absolute atomic E-state index is 6.24. The van der Waals surface area contributed by atoms with Gasteiger partial charge in [0.2, 0.25) is 0 Å². The van der Waals surface area contributed by atoms with Gasteiger partial charge in [-0.3, -0.25) is 9.89 Å². The van der Waals surface area contributed by atoms with E-state index in [-0.39, 0.29) is 24.0 Å². The lowest BCUT2D eigenvalue weighted by Crippen LogP contribution is -2.47. The van der Waals surface area contributed by atoms with Gasteiger partial charge >= 0.3 is 0 Å². The molecule has 3 fully saturated rings. The van der Waals surface area contributed by atoms with Crippen molar-refractivity contribution in [1.29, 1.82) is 0 Å². The van der Waals surface area contributed by atoms with Crippen LogP contribution in [0.15, 0.2) is 4.99 Å². The summed E-state index contributed by atoms with van der Waals surface area (Å²) in [5, 5.41) is 3.50. The first-order valence-electron chi connectivity index (χ1n) is 11.7. The van der Waals surface area contributed by atoms with Gasteiger partial charge in [0, 0.05) is 52.4 Å². The van der Waals surface area contributed by atoms with Gasteiger partial charge in [-0.05, 0) is 44.4 Å². The summed E-state index contributed by atoms with van der Waals surface area (Å²) < 4.78 is 11.7. The number of halogens is 1. The van der Waals surface area contributed by atoms with Crippen LogP contribution in [0.3, 0.4) is 0 Å². The Morgan fingerprint density at radius 3 is 2.45 bits per heavy atom. The van der Waals surface area contributed by atoms with Gasteiger partial charge in [-0.25, -0.2) is 0 Å². The van der Waals surface area contributed by atoms with E-state index in [1.807, 2.05) is 0 Å². The van der Waals surface area contributed by atoms with Crippen molar-refractivity contribution in [3.05, 3.63) is 0 Å². The Morgan fingerprint density at radius 1 is 1.10 bits per heavy atom. The van der Waals surface area contributed by atoms with Crippen molar-refractivity contribution in [2.45, 2.75) is 58.5 Å². The maximum Gasteiger partial charge on any atom is 0.193 e. The molecule has 0 aromatic rings. The molecule has 1 atom stereocenters. The average molecular weight is 523 g/mol. The quantitative estimate of drug-likeness (QED) is 0.302. The van der Waals surface area contributed by atoms with Crippen LogP contribution >= 0.6 is 24.0 Å². The maximum atomic E-state index is 6.24. The summed E-state index contributed by atoms with van der Waals surface area (Å²) in [5.74, 6) is 2.48. The van der Waals surface area contributed by atoms with Gasteiger partial charge in [0.1, 0.15) is 0 Å². The highest BCUT2D eigenvalue weighted by Gasteiger charge is 2.24. The number of guanidine groups is 1. The van der Waals surface area contributed by atoms with Crippen LogP contribution in [0.4, 0.5) is 0 Å². The third kappa shape index (κ3) is 8.87. The van der Waals surface area contributed by atoms with Gasteiger partial charge in [-0.1, -0.05) is 19.8 Å². The van der Waals surface area contributed by atoms with E-state index in [4.69, 9.17) is 14.5 Å². The molecule has 1 unspecified atom stereocenters. The van der Waals surface area contributed by atoms with Crippen LogP contribution in [0.2, 0.25) is 0 Å². The Balaban J connectivity index is 0.00000300. The number of likely N-dealkylation sites (tertiary alicyclic amines) is 1. The van der Waals surface area contributed by atoms with E-state index in [0.29, 0.717) is 12.0 Å². The fourth-order valence-electron chi connectivity index (χ4n) is 4.63. The number of nitrogens with zero attached hydrogens (tertiary/aromatic N) is 3. The van der Waals surface area contributed by atoms with Gasteiger partial charge in [0.15, 0.2) is 5.96 Å². The Hall–Kier alpha value is -0.120. The summed E-state index contributed by atoms with van der Waals surface area (Å²) in [7, 11) is 0. The van der Waals surface area contributed by atoms with Crippen LogP contribution in [0.5, 0.6) is 0 Å². The number of hydrogen-bond acceptors (Lipinski definition) is 4. The highest BCUT2D eigenvalue weighted by molar-refractivity contribution is 14.0. The first kappa shape index (κ1) is 25.1. The molecule has 1 N–H and O–H groups in total. The zero-order valence-electron chi connectivity index (χ0n) is 18.6. The second kappa shape index (κ2) is 14.0. The van der Waals surface area contributed by atoms with Crippen molar-refractivity contribution in [1.82, 2.24) is 15.1 Å². The Kier molecular flexibility index (Phi) is 12.2. The van der Waals surface area contributed by atoms with Crippen LogP contribution in [0.1, 0.15) is 52.4 Å². The number of ether oxygens (including phenoxy) is 2. The monoisotopic (exact) mass is 522 g/mol. The largest absolute Gasteiger partial charge is 0.379 e. The predicted molar refractivity (Wildman–Crippen MR) is 130 cm³/mol. The van der Waals surface area contributed by atoms with Crippen LogP contribution < -0.4 is 5.32 Å². The van der Waals surface area contributed by atoms with Crippen molar-refractivity contribution in [3.63, 3.8) is 0 Å². The van der Waals surface area contributed by atoms with E-state index in [0.717, 1.165) is 90.4 Å².